The molecular weight excluding hydrogens is 704 g/mol. The van der Waals surface area contributed by atoms with Gasteiger partial charge in [0.05, 0.1) is 35.7 Å². The van der Waals surface area contributed by atoms with Crippen LogP contribution in [0.25, 0.3) is 0 Å². The molecule has 0 fully saturated rings. The summed E-state index contributed by atoms with van der Waals surface area (Å²) in [4.78, 5) is 4.16. The number of benzene rings is 2. The Morgan fingerprint density at radius 1 is 0.435 bits per heavy atom. The standard InChI is InChI=1S/C36H48N8.2BrH/c1-41(2)33-23-19-31(20-24-33)37-39-35-17-11-15-29-43(35)27-13-9-7-5-6-8-10-14-28-44-30-16-12-18-36(44)40-38-32-21-25-34(26-22-32)42(3)4;;/h11-12,15-26,29-30H,5-10,13-14,27-28H2,1-4H3;2*1H/q+2;;/p-2. The summed E-state index contributed by atoms with van der Waals surface area (Å²) < 4.78 is 4.40. The van der Waals surface area contributed by atoms with Crippen molar-refractivity contribution in [3.8, 4) is 0 Å². The molecule has 0 aliphatic carbocycles. The topological polar surface area (TPSA) is 63.7 Å². The first-order valence-electron chi connectivity index (χ1n) is 15.8. The van der Waals surface area contributed by atoms with E-state index < -0.39 is 0 Å². The van der Waals surface area contributed by atoms with Crippen LogP contribution in [-0.4, -0.2) is 28.2 Å². The highest BCUT2D eigenvalue weighted by Gasteiger charge is 2.10. The van der Waals surface area contributed by atoms with E-state index in [1.54, 1.807) is 0 Å². The van der Waals surface area contributed by atoms with Gasteiger partial charge in [-0.15, -0.1) is 0 Å². The van der Waals surface area contributed by atoms with Gasteiger partial charge in [0.1, 0.15) is 11.4 Å². The maximum absolute atomic E-state index is 4.53. The Morgan fingerprint density at radius 3 is 1.13 bits per heavy atom. The van der Waals surface area contributed by atoms with Crippen molar-refractivity contribution in [1.29, 1.82) is 0 Å². The van der Waals surface area contributed by atoms with Crippen molar-refractivity contribution >= 4 is 34.4 Å². The highest BCUT2D eigenvalue weighted by Crippen LogP contribution is 2.21. The summed E-state index contributed by atoms with van der Waals surface area (Å²) in [5.74, 6) is 1.78. The monoisotopic (exact) mass is 750 g/mol. The van der Waals surface area contributed by atoms with E-state index in [1.807, 2.05) is 76.7 Å². The fourth-order valence-electron chi connectivity index (χ4n) is 4.97. The molecule has 0 saturated carbocycles. The molecule has 0 bridgehead atoms. The van der Waals surface area contributed by atoms with E-state index in [1.165, 1.54) is 38.5 Å². The summed E-state index contributed by atoms with van der Waals surface area (Å²) in [6.45, 7) is 1.92. The highest BCUT2D eigenvalue weighted by atomic mass is 79.9. The molecule has 2 heterocycles. The van der Waals surface area contributed by atoms with Crippen LogP contribution in [0.1, 0.15) is 51.4 Å². The number of unbranched alkanes of at least 4 members (excludes halogenated alkanes) is 7. The maximum atomic E-state index is 4.53. The quantitative estimate of drug-likeness (QED) is 0.0947. The molecule has 246 valence electrons. The molecule has 8 nitrogen and oxygen atoms in total. The van der Waals surface area contributed by atoms with E-state index in [2.05, 4.69) is 88.2 Å². The van der Waals surface area contributed by atoms with E-state index in [0.717, 1.165) is 60.3 Å². The zero-order chi connectivity index (χ0) is 31.0. The van der Waals surface area contributed by atoms with Crippen LogP contribution < -0.4 is 52.9 Å². The second-order valence-electron chi connectivity index (χ2n) is 11.6. The lowest BCUT2D eigenvalue weighted by Gasteiger charge is -2.11. The fraction of sp³-hybridized carbons (Fsp3) is 0.389. The van der Waals surface area contributed by atoms with Crippen molar-refractivity contribution in [2.45, 2.75) is 64.5 Å². The fourth-order valence-corrected chi connectivity index (χ4v) is 4.97. The Kier molecular flexibility index (Phi) is 17.9. The van der Waals surface area contributed by atoms with Crippen molar-refractivity contribution in [1.82, 2.24) is 0 Å². The van der Waals surface area contributed by atoms with Gasteiger partial charge < -0.3 is 43.8 Å². The number of azo groups is 2. The molecule has 4 aromatic rings. The molecule has 2 aromatic carbocycles. The second-order valence-corrected chi connectivity index (χ2v) is 11.6. The van der Waals surface area contributed by atoms with E-state index in [4.69, 9.17) is 0 Å². The number of hydrogen-bond donors (Lipinski definition) is 0. The molecule has 46 heavy (non-hydrogen) atoms. The lowest BCUT2D eigenvalue weighted by molar-refractivity contribution is -0.685. The molecule has 0 N–H and O–H groups in total. The largest absolute Gasteiger partial charge is 1.00 e. The van der Waals surface area contributed by atoms with Crippen LogP contribution in [0.5, 0.6) is 0 Å². The Hall–Kier alpha value is -3.50. The SMILES string of the molecule is CN(C)c1ccc(/N=N/c2cccc[n+]2CCCCCCCCCC[n+]2ccccc2/N=N/c2ccc(N(C)C)cc2)cc1.[Br-].[Br-]. The Balaban J connectivity index is 0.00000368. The van der Waals surface area contributed by atoms with Crippen LogP contribution in [-0.2, 0) is 13.1 Å². The molecule has 0 aliphatic rings. The molecular formula is C36H48Br2N8. The summed E-state index contributed by atoms with van der Waals surface area (Å²) in [5, 5.41) is 18.0. The number of aryl methyl sites for hydroxylation is 2. The van der Waals surface area contributed by atoms with Crippen LogP contribution in [0, 0.1) is 0 Å². The van der Waals surface area contributed by atoms with Gasteiger partial charge in [-0.3, -0.25) is 0 Å². The van der Waals surface area contributed by atoms with Gasteiger partial charge in [-0.05, 0) is 96.6 Å². The molecule has 0 saturated heterocycles. The molecule has 0 radical (unpaired) electrons. The predicted octanol–water partition coefficient (Wildman–Crippen LogP) is 3.05. The minimum absolute atomic E-state index is 0. The Bertz CT molecular complexity index is 1360. The minimum Gasteiger partial charge on any atom is -1.00 e. The summed E-state index contributed by atoms with van der Waals surface area (Å²) >= 11 is 0. The smallest absolute Gasteiger partial charge is 0.350 e. The molecule has 0 amide bonds. The second kappa shape index (κ2) is 21.3. The van der Waals surface area contributed by atoms with Crippen molar-refractivity contribution in [3.05, 3.63) is 97.3 Å². The Morgan fingerprint density at radius 2 is 0.783 bits per heavy atom. The van der Waals surface area contributed by atoms with Gasteiger partial charge >= 0.3 is 11.6 Å². The molecule has 4 rings (SSSR count). The minimum atomic E-state index is 0. The summed E-state index contributed by atoms with van der Waals surface area (Å²) in [6, 6.07) is 28.5. The number of nitrogens with zero attached hydrogens (tertiary/aromatic N) is 8. The number of aromatic nitrogens is 2. The number of hydrogen-bond acceptors (Lipinski definition) is 6. The first-order valence-corrected chi connectivity index (χ1v) is 15.8. The van der Waals surface area contributed by atoms with Crippen LogP contribution >= 0.6 is 0 Å². The number of halogens is 2. The van der Waals surface area contributed by atoms with Crippen LogP contribution in [0.15, 0.2) is 118 Å². The zero-order valence-corrected chi connectivity index (χ0v) is 30.8. The van der Waals surface area contributed by atoms with Crippen LogP contribution in [0.4, 0.5) is 34.4 Å². The lowest BCUT2D eigenvalue weighted by atomic mass is 10.1. The number of pyridine rings is 2. The predicted molar refractivity (Wildman–Crippen MR) is 180 cm³/mol. The van der Waals surface area contributed by atoms with Crippen molar-refractivity contribution < 1.29 is 43.1 Å². The third-order valence-electron chi connectivity index (χ3n) is 7.65. The lowest BCUT2D eigenvalue weighted by Crippen LogP contribution is -3.00. The Labute approximate surface area is 296 Å². The third-order valence-corrected chi connectivity index (χ3v) is 7.65. The normalized spacial score (nSPS) is 11.0. The van der Waals surface area contributed by atoms with Gasteiger partial charge in [-0.25, -0.2) is 9.13 Å². The average molecular weight is 753 g/mol. The van der Waals surface area contributed by atoms with E-state index in [0.29, 0.717) is 0 Å². The van der Waals surface area contributed by atoms with Crippen molar-refractivity contribution in [2.75, 3.05) is 38.0 Å². The summed E-state index contributed by atoms with van der Waals surface area (Å²) in [6.07, 6.45) is 14.1. The van der Waals surface area contributed by atoms with E-state index in [-0.39, 0.29) is 34.0 Å². The summed E-state index contributed by atoms with van der Waals surface area (Å²) in [7, 11) is 8.14. The maximum Gasteiger partial charge on any atom is 0.350 e. The van der Waals surface area contributed by atoms with E-state index in [9.17, 15) is 0 Å². The third kappa shape index (κ3) is 13.1. The zero-order valence-electron chi connectivity index (χ0n) is 27.6. The summed E-state index contributed by atoms with van der Waals surface area (Å²) in [5.41, 5.74) is 4.03. The highest BCUT2D eigenvalue weighted by molar-refractivity contribution is 5.52. The molecule has 10 heteroatoms. The average Bonchev–Trinajstić information content (AvgIpc) is 3.05. The van der Waals surface area contributed by atoms with Gasteiger partial charge in [0.25, 0.3) is 0 Å². The van der Waals surface area contributed by atoms with Crippen LogP contribution in [0.3, 0.4) is 0 Å². The van der Waals surface area contributed by atoms with Gasteiger partial charge in [-0.2, -0.15) is 0 Å². The first kappa shape index (κ1) is 38.7. The number of anilines is 2. The molecule has 0 aliphatic heterocycles. The van der Waals surface area contributed by atoms with Gasteiger partial charge in [0, 0.05) is 51.7 Å². The van der Waals surface area contributed by atoms with Gasteiger partial charge in [0.15, 0.2) is 0 Å². The van der Waals surface area contributed by atoms with Gasteiger partial charge in [0.2, 0.25) is 0 Å². The molecule has 0 spiro atoms. The van der Waals surface area contributed by atoms with E-state index >= 15 is 0 Å². The van der Waals surface area contributed by atoms with Crippen molar-refractivity contribution in [3.63, 3.8) is 0 Å². The van der Waals surface area contributed by atoms with Crippen molar-refractivity contribution in [2.24, 2.45) is 20.5 Å². The molecule has 0 unspecified atom stereocenters. The molecule has 2 aromatic heterocycles. The number of rotatable bonds is 17. The van der Waals surface area contributed by atoms with Crippen LogP contribution in [0.2, 0.25) is 0 Å². The molecule has 0 atom stereocenters. The first-order chi connectivity index (χ1) is 21.5. The van der Waals surface area contributed by atoms with Gasteiger partial charge in [-0.1, -0.05) is 37.8 Å².